The number of hydrogen-bond donors (Lipinski definition) is 2. The van der Waals surface area contributed by atoms with E-state index in [2.05, 4.69) is 10.6 Å². The Morgan fingerprint density at radius 1 is 0.792 bits per heavy atom. The molecule has 0 saturated carbocycles. The first-order valence-corrected chi connectivity index (χ1v) is 7.87. The van der Waals surface area contributed by atoms with Gasteiger partial charge in [0.05, 0.1) is 20.0 Å². The molecular weight excluding hydrogens is 304 g/mol. The van der Waals surface area contributed by atoms with Crippen molar-refractivity contribution in [2.45, 2.75) is 12.8 Å². The van der Waals surface area contributed by atoms with Crippen LogP contribution in [0.2, 0.25) is 0 Å². The molecule has 0 radical (unpaired) electrons. The zero-order valence-corrected chi connectivity index (χ0v) is 13.7. The highest BCUT2D eigenvalue weighted by Gasteiger charge is 2.05. The van der Waals surface area contributed by atoms with Gasteiger partial charge < -0.3 is 15.4 Å². The summed E-state index contributed by atoms with van der Waals surface area (Å²) < 4.78 is 5.08. The van der Waals surface area contributed by atoms with E-state index in [4.69, 9.17) is 4.74 Å². The van der Waals surface area contributed by atoms with Crippen LogP contribution in [0.25, 0.3) is 0 Å². The van der Waals surface area contributed by atoms with Crippen LogP contribution in [0.4, 0.5) is 0 Å². The number of benzene rings is 2. The molecule has 0 aliphatic heterocycles. The number of methoxy groups -OCH3 is 1. The van der Waals surface area contributed by atoms with E-state index in [0.717, 1.165) is 16.9 Å². The quantitative estimate of drug-likeness (QED) is 0.726. The summed E-state index contributed by atoms with van der Waals surface area (Å²) in [4.78, 5) is 23.6. The third-order valence-electron chi connectivity index (χ3n) is 3.50. The summed E-state index contributed by atoms with van der Waals surface area (Å²) in [6.45, 7) is 0.829. The van der Waals surface area contributed by atoms with E-state index < -0.39 is 0 Å². The molecule has 2 aromatic carbocycles. The predicted molar refractivity (Wildman–Crippen MR) is 92.9 cm³/mol. The summed E-state index contributed by atoms with van der Waals surface area (Å²) >= 11 is 0. The molecule has 2 aromatic rings. The molecule has 0 aliphatic carbocycles. The van der Waals surface area contributed by atoms with E-state index >= 15 is 0 Å². The second kappa shape index (κ2) is 9.35. The monoisotopic (exact) mass is 326 g/mol. The van der Waals surface area contributed by atoms with Gasteiger partial charge in [0.2, 0.25) is 11.8 Å². The van der Waals surface area contributed by atoms with Crippen LogP contribution >= 0.6 is 0 Å². The fourth-order valence-corrected chi connectivity index (χ4v) is 2.24. The zero-order chi connectivity index (χ0) is 17.2. The largest absolute Gasteiger partial charge is 0.497 e. The van der Waals surface area contributed by atoms with Crippen molar-refractivity contribution < 1.29 is 14.3 Å². The molecule has 0 aromatic heterocycles. The lowest BCUT2D eigenvalue weighted by Gasteiger charge is -2.08. The Hall–Kier alpha value is -2.82. The topological polar surface area (TPSA) is 67.4 Å². The Morgan fingerprint density at radius 3 is 1.79 bits per heavy atom. The fourth-order valence-electron chi connectivity index (χ4n) is 2.24. The van der Waals surface area contributed by atoms with Crippen molar-refractivity contribution >= 4 is 11.8 Å². The first kappa shape index (κ1) is 17.5. The number of nitrogens with one attached hydrogen (secondary N) is 2. The first-order chi connectivity index (χ1) is 11.7. The van der Waals surface area contributed by atoms with Crippen molar-refractivity contribution in [1.29, 1.82) is 0 Å². The third kappa shape index (κ3) is 6.12. The average Bonchev–Trinajstić information content (AvgIpc) is 2.60. The second-order valence-electron chi connectivity index (χ2n) is 5.39. The maximum atomic E-state index is 11.8. The van der Waals surface area contributed by atoms with Crippen molar-refractivity contribution in [3.63, 3.8) is 0 Å². The highest BCUT2D eigenvalue weighted by molar-refractivity contribution is 5.79. The summed E-state index contributed by atoms with van der Waals surface area (Å²) in [6, 6.07) is 16.9. The molecule has 0 bridgehead atoms. The maximum absolute atomic E-state index is 11.8. The van der Waals surface area contributed by atoms with Crippen LogP contribution in [0.15, 0.2) is 54.6 Å². The van der Waals surface area contributed by atoms with Crippen LogP contribution in [-0.2, 0) is 22.4 Å². The molecule has 24 heavy (non-hydrogen) atoms. The molecule has 2 amide bonds. The lowest BCUT2D eigenvalue weighted by Crippen LogP contribution is -2.35. The molecule has 0 fully saturated rings. The van der Waals surface area contributed by atoms with E-state index in [1.54, 1.807) is 7.11 Å². The van der Waals surface area contributed by atoms with E-state index in [1.807, 2.05) is 54.6 Å². The van der Waals surface area contributed by atoms with Crippen molar-refractivity contribution in [2.24, 2.45) is 0 Å². The van der Waals surface area contributed by atoms with Gasteiger partial charge in [-0.3, -0.25) is 9.59 Å². The standard InChI is InChI=1S/C19H22N2O3/c1-24-17-9-7-16(8-10-17)14-19(23)21-12-11-20-18(22)13-15-5-3-2-4-6-15/h2-10H,11-14H2,1H3,(H,20,22)(H,21,23). The van der Waals surface area contributed by atoms with E-state index in [-0.39, 0.29) is 11.8 Å². The molecule has 0 heterocycles. The van der Waals surface area contributed by atoms with Gasteiger partial charge in [-0.25, -0.2) is 0 Å². The average molecular weight is 326 g/mol. The summed E-state index contributed by atoms with van der Waals surface area (Å²) in [5, 5.41) is 5.59. The minimum atomic E-state index is -0.0718. The molecule has 2 N–H and O–H groups in total. The minimum Gasteiger partial charge on any atom is -0.497 e. The highest BCUT2D eigenvalue weighted by Crippen LogP contribution is 2.11. The molecule has 5 nitrogen and oxygen atoms in total. The Morgan fingerprint density at radius 2 is 1.29 bits per heavy atom. The van der Waals surface area contributed by atoms with Gasteiger partial charge in [0.15, 0.2) is 0 Å². The van der Waals surface area contributed by atoms with Gasteiger partial charge in [0.25, 0.3) is 0 Å². The molecule has 2 rings (SSSR count). The van der Waals surface area contributed by atoms with Crippen LogP contribution in [0, 0.1) is 0 Å². The van der Waals surface area contributed by atoms with Gasteiger partial charge in [-0.2, -0.15) is 0 Å². The summed E-state index contributed by atoms with van der Waals surface area (Å²) in [6.07, 6.45) is 0.655. The minimum absolute atomic E-state index is 0.0504. The lowest BCUT2D eigenvalue weighted by atomic mass is 10.1. The molecule has 0 spiro atoms. The Labute approximate surface area is 142 Å². The highest BCUT2D eigenvalue weighted by atomic mass is 16.5. The molecule has 5 heteroatoms. The van der Waals surface area contributed by atoms with Crippen LogP contribution in [0.1, 0.15) is 11.1 Å². The van der Waals surface area contributed by atoms with Crippen molar-refractivity contribution in [3.8, 4) is 5.75 Å². The molecule has 0 atom stereocenters. The van der Waals surface area contributed by atoms with Gasteiger partial charge in [0.1, 0.15) is 5.75 Å². The molecule has 126 valence electrons. The Balaban J connectivity index is 1.62. The number of hydrogen-bond acceptors (Lipinski definition) is 3. The van der Waals surface area contributed by atoms with Gasteiger partial charge in [-0.15, -0.1) is 0 Å². The predicted octanol–water partition coefficient (Wildman–Crippen LogP) is 1.71. The molecule has 0 unspecified atom stereocenters. The second-order valence-corrected chi connectivity index (χ2v) is 5.39. The smallest absolute Gasteiger partial charge is 0.224 e. The third-order valence-corrected chi connectivity index (χ3v) is 3.50. The van der Waals surface area contributed by atoms with Crippen molar-refractivity contribution in [1.82, 2.24) is 10.6 Å². The van der Waals surface area contributed by atoms with Crippen LogP contribution in [-0.4, -0.2) is 32.0 Å². The number of carbonyl (C=O) groups excluding carboxylic acids is 2. The van der Waals surface area contributed by atoms with Crippen molar-refractivity contribution in [2.75, 3.05) is 20.2 Å². The van der Waals surface area contributed by atoms with E-state index in [1.165, 1.54) is 0 Å². The number of carbonyl (C=O) groups is 2. The van der Waals surface area contributed by atoms with Crippen LogP contribution in [0.3, 0.4) is 0 Å². The molecular formula is C19H22N2O3. The molecule has 0 aliphatic rings. The normalized spacial score (nSPS) is 10.0. The van der Waals surface area contributed by atoms with Gasteiger partial charge in [-0.05, 0) is 23.3 Å². The van der Waals surface area contributed by atoms with Crippen molar-refractivity contribution in [3.05, 3.63) is 65.7 Å². The van der Waals surface area contributed by atoms with Gasteiger partial charge in [-0.1, -0.05) is 42.5 Å². The first-order valence-electron chi connectivity index (χ1n) is 7.87. The van der Waals surface area contributed by atoms with Crippen LogP contribution < -0.4 is 15.4 Å². The fraction of sp³-hybridized carbons (Fsp3) is 0.263. The Bertz CT molecular complexity index is 654. The number of ether oxygens (including phenoxy) is 1. The van der Waals surface area contributed by atoms with Crippen LogP contribution in [0.5, 0.6) is 5.75 Å². The van der Waals surface area contributed by atoms with E-state index in [9.17, 15) is 9.59 Å². The van der Waals surface area contributed by atoms with Gasteiger partial charge in [0, 0.05) is 13.1 Å². The number of amides is 2. The maximum Gasteiger partial charge on any atom is 0.224 e. The Kier molecular flexibility index (Phi) is 6.83. The lowest BCUT2D eigenvalue weighted by molar-refractivity contribution is -0.122. The zero-order valence-electron chi connectivity index (χ0n) is 13.7. The SMILES string of the molecule is COc1ccc(CC(=O)NCCNC(=O)Cc2ccccc2)cc1. The summed E-state index contributed by atoms with van der Waals surface area (Å²) in [5.74, 6) is 0.642. The van der Waals surface area contributed by atoms with E-state index in [0.29, 0.717) is 25.9 Å². The molecule has 0 saturated heterocycles. The van der Waals surface area contributed by atoms with Gasteiger partial charge >= 0.3 is 0 Å². The summed E-state index contributed by atoms with van der Waals surface area (Å²) in [5.41, 5.74) is 1.89. The number of rotatable bonds is 8. The summed E-state index contributed by atoms with van der Waals surface area (Å²) in [7, 11) is 1.60.